The number of nitrogens with one attached hydrogen (secondary N) is 2. The third kappa shape index (κ3) is 5.05. The van der Waals surface area contributed by atoms with Crippen LogP contribution in [0.1, 0.15) is 29.7 Å². The quantitative estimate of drug-likeness (QED) is 0.317. The maximum Gasteiger partial charge on any atom is 0.255 e. The predicted molar refractivity (Wildman–Crippen MR) is 144 cm³/mol. The number of benzene rings is 3. The lowest BCUT2D eigenvalue weighted by molar-refractivity contribution is -0.113. The maximum atomic E-state index is 13.6. The van der Waals surface area contributed by atoms with E-state index in [4.69, 9.17) is 9.47 Å². The average Bonchev–Trinajstić information content (AvgIpc) is 3.36. The minimum Gasteiger partial charge on any atom is -0.493 e. The lowest BCUT2D eigenvalue weighted by atomic mass is 9.94. The van der Waals surface area contributed by atoms with Crippen LogP contribution in [0.25, 0.3) is 0 Å². The van der Waals surface area contributed by atoms with Gasteiger partial charge in [-0.2, -0.15) is 4.68 Å². The van der Waals surface area contributed by atoms with E-state index in [2.05, 4.69) is 42.1 Å². The van der Waals surface area contributed by atoms with Crippen molar-refractivity contribution in [3.05, 3.63) is 99.2 Å². The Bertz CT molecular complexity index is 1500. The summed E-state index contributed by atoms with van der Waals surface area (Å²) in [5.74, 6) is 1.32. The van der Waals surface area contributed by atoms with Crippen LogP contribution in [0.4, 0.5) is 11.6 Å². The second-order valence-electron chi connectivity index (χ2n) is 8.61. The van der Waals surface area contributed by atoms with Crippen LogP contribution in [0, 0.1) is 6.92 Å². The molecule has 188 valence electrons. The summed E-state index contributed by atoms with van der Waals surface area (Å²) in [5, 5.41) is 18.2. The molecule has 2 N–H and O–H groups in total. The standard InChI is InChI=1S/C27H25BrN6O3/c1-16-7-4-5-10-21(16)30-26(35)24-17(2)29-27-31-32-33-34(27)25(24)19-11-12-22(23(14-19)36-3)37-15-18-8-6-9-20(28)13-18/h4-14,25H,15H2,1-3H3,(H,30,35)(H,29,31,33). The van der Waals surface area contributed by atoms with Crippen LogP contribution in [0.15, 0.2) is 82.5 Å². The highest BCUT2D eigenvalue weighted by Crippen LogP contribution is 2.39. The molecule has 1 aliphatic heterocycles. The van der Waals surface area contributed by atoms with Crippen molar-refractivity contribution in [1.82, 2.24) is 20.2 Å². The number of carbonyl (C=O) groups is 1. The Labute approximate surface area is 222 Å². The van der Waals surface area contributed by atoms with Crippen molar-refractivity contribution >= 4 is 33.5 Å². The molecule has 1 amide bonds. The van der Waals surface area contributed by atoms with E-state index in [-0.39, 0.29) is 5.91 Å². The van der Waals surface area contributed by atoms with Gasteiger partial charge in [0.1, 0.15) is 12.6 Å². The SMILES string of the molecule is COc1cc(C2C(C(=O)Nc3ccccc3C)=C(C)Nc3nnnn32)ccc1OCc1cccc(Br)c1. The van der Waals surface area contributed by atoms with E-state index in [0.29, 0.717) is 35.3 Å². The van der Waals surface area contributed by atoms with Gasteiger partial charge in [0.2, 0.25) is 5.95 Å². The van der Waals surface area contributed by atoms with E-state index in [1.54, 1.807) is 11.8 Å². The lowest BCUT2D eigenvalue weighted by Crippen LogP contribution is -2.31. The summed E-state index contributed by atoms with van der Waals surface area (Å²) in [6.07, 6.45) is 0. The topological polar surface area (TPSA) is 103 Å². The first-order valence-electron chi connectivity index (χ1n) is 11.6. The smallest absolute Gasteiger partial charge is 0.255 e. The number of aryl methyl sites for hydroxylation is 1. The number of carbonyl (C=O) groups excluding carboxylic acids is 1. The molecule has 4 aromatic rings. The van der Waals surface area contributed by atoms with E-state index in [9.17, 15) is 4.79 Å². The van der Waals surface area contributed by atoms with Crippen LogP contribution >= 0.6 is 15.9 Å². The van der Waals surface area contributed by atoms with Gasteiger partial charge in [0.05, 0.1) is 12.7 Å². The van der Waals surface area contributed by atoms with Crippen molar-refractivity contribution in [2.45, 2.75) is 26.5 Å². The molecule has 9 nitrogen and oxygen atoms in total. The Morgan fingerprint density at radius 2 is 1.92 bits per heavy atom. The minimum absolute atomic E-state index is 0.251. The number of nitrogens with zero attached hydrogens (tertiary/aromatic N) is 4. The van der Waals surface area contributed by atoms with Crippen molar-refractivity contribution in [2.24, 2.45) is 0 Å². The van der Waals surface area contributed by atoms with Crippen LogP contribution in [0.5, 0.6) is 11.5 Å². The number of hydrogen-bond donors (Lipinski definition) is 2. The normalized spacial score (nSPS) is 14.5. The molecule has 0 aliphatic carbocycles. The van der Waals surface area contributed by atoms with Gasteiger partial charge < -0.3 is 20.1 Å². The highest BCUT2D eigenvalue weighted by molar-refractivity contribution is 9.10. The fourth-order valence-corrected chi connectivity index (χ4v) is 4.73. The van der Waals surface area contributed by atoms with Crippen molar-refractivity contribution in [1.29, 1.82) is 0 Å². The second-order valence-corrected chi connectivity index (χ2v) is 9.53. The Morgan fingerprint density at radius 1 is 1.08 bits per heavy atom. The maximum absolute atomic E-state index is 13.6. The molecule has 10 heteroatoms. The number of para-hydroxylation sites is 1. The molecule has 1 aliphatic rings. The molecule has 2 heterocycles. The summed E-state index contributed by atoms with van der Waals surface area (Å²) in [5.41, 5.74) is 4.65. The first kappa shape index (κ1) is 24.5. The Kier molecular flexibility index (Phi) is 6.91. The van der Waals surface area contributed by atoms with Crippen LogP contribution in [0.2, 0.25) is 0 Å². The number of aromatic nitrogens is 4. The summed E-state index contributed by atoms with van der Waals surface area (Å²) < 4.78 is 14.3. The number of tetrazole rings is 1. The van der Waals surface area contributed by atoms with Crippen molar-refractivity contribution in [3.63, 3.8) is 0 Å². The summed E-state index contributed by atoms with van der Waals surface area (Å²) in [6.45, 7) is 4.16. The van der Waals surface area contributed by atoms with Gasteiger partial charge in [-0.25, -0.2) is 0 Å². The zero-order valence-electron chi connectivity index (χ0n) is 20.5. The van der Waals surface area contributed by atoms with Gasteiger partial charge in [-0.1, -0.05) is 57.4 Å². The molecule has 1 aromatic heterocycles. The van der Waals surface area contributed by atoms with Gasteiger partial charge in [-0.05, 0) is 71.3 Å². The molecular formula is C27H25BrN6O3. The van der Waals surface area contributed by atoms with Gasteiger partial charge >= 0.3 is 0 Å². The third-order valence-corrected chi connectivity index (χ3v) is 6.63. The van der Waals surface area contributed by atoms with Crippen molar-refractivity contribution in [2.75, 3.05) is 17.7 Å². The largest absolute Gasteiger partial charge is 0.493 e. The summed E-state index contributed by atoms with van der Waals surface area (Å²) in [7, 11) is 1.59. The Morgan fingerprint density at radius 3 is 2.70 bits per heavy atom. The van der Waals surface area contributed by atoms with Gasteiger partial charge in [0.15, 0.2) is 11.5 Å². The van der Waals surface area contributed by atoms with Crippen molar-refractivity contribution in [3.8, 4) is 11.5 Å². The van der Waals surface area contributed by atoms with Gasteiger partial charge in [0.25, 0.3) is 5.91 Å². The zero-order chi connectivity index (χ0) is 25.9. The molecule has 0 saturated heterocycles. The van der Waals surface area contributed by atoms with E-state index in [1.165, 1.54) is 0 Å². The summed E-state index contributed by atoms with van der Waals surface area (Å²) in [4.78, 5) is 13.6. The predicted octanol–water partition coefficient (Wildman–Crippen LogP) is 5.26. The molecule has 5 rings (SSSR count). The number of rotatable bonds is 7. The molecule has 3 aromatic carbocycles. The molecule has 0 radical (unpaired) electrons. The summed E-state index contributed by atoms with van der Waals surface area (Å²) in [6, 6.07) is 20.6. The fourth-order valence-electron chi connectivity index (χ4n) is 4.28. The number of amides is 1. The van der Waals surface area contributed by atoms with Gasteiger partial charge in [-0.15, -0.1) is 0 Å². The molecule has 0 bridgehead atoms. The molecule has 1 unspecified atom stereocenters. The van der Waals surface area contributed by atoms with Crippen LogP contribution < -0.4 is 20.1 Å². The number of ether oxygens (including phenoxy) is 2. The molecule has 37 heavy (non-hydrogen) atoms. The van der Waals surface area contributed by atoms with E-state index < -0.39 is 6.04 Å². The molecular weight excluding hydrogens is 536 g/mol. The first-order valence-corrected chi connectivity index (χ1v) is 12.4. The molecule has 0 spiro atoms. The van der Waals surface area contributed by atoms with Crippen LogP contribution in [-0.4, -0.2) is 33.2 Å². The van der Waals surface area contributed by atoms with E-state index >= 15 is 0 Å². The second kappa shape index (κ2) is 10.4. The third-order valence-electron chi connectivity index (χ3n) is 6.14. The Hall–Kier alpha value is -4.18. The van der Waals surface area contributed by atoms with Gasteiger partial charge in [0, 0.05) is 15.9 Å². The Balaban J connectivity index is 1.48. The first-order chi connectivity index (χ1) is 17.9. The molecule has 0 saturated carbocycles. The van der Waals surface area contributed by atoms with E-state index in [1.807, 2.05) is 80.6 Å². The highest BCUT2D eigenvalue weighted by atomic mass is 79.9. The number of methoxy groups -OCH3 is 1. The number of halogens is 1. The van der Waals surface area contributed by atoms with Crippen molar-refractivity contribution < 1.29 is 14.3 Å². The van der Waals surface area contributed by atoms with E-state index in [0.717, 1.165) is 26.9 Å². The van der Waals surface area contributed by atoms with Crippen LogP contribution in [-0.2, 0) is 11.4 Å². The monoisotopic (exact) mass is 560 g/mol. The minimum atomic E-state index is -0.580. The molecule has 1 atom stereocenters. The lowest BCUT2D eigenvalue weighted by Gasteiger charge is -2.28. The number of anilines is 2. The van der Waals surface area contributed by atoms with Gasteiger partial charge in [-0.3, -0.25) is 4.79 Å². The van der Waals surface area contributed by atoms with Crippen LogP contribution in [0.3, 0.4) is 0 Å². The fraction of sp³-hybridized carbons (Fsp3) is 0.185. The summed E-state index contributed by atoms with van der Waals surface area (Å²) >= 11 is 3.49. The molecule has 0 fully saturated rings. The zero-order valence-corrected chi connectivity index (χ0v) is 22.1. The average molecular weight is 561 g/mol. The number of hydrogen-bond acceptors (Lipinski definition) is 7. The highest BCUT2D eigenvalue weighted by Gasteiger charge is 2.34. The number of allylic oxidation sites excluding steroid dienone is 1. The number of fused-ring (bicyclic) bond motifs is 1.